The number of rotatable bonds is 3. The Morgan fingerprint density at radius 2 is 2.00 bits per heavy atom. The Morgan fingerprint density at radius 1 is 1.38 bits per heavy atom. The lowest BCUT2D eigenvalue weighted by Gasteiger charge is -2.22. The zero-order valence-corrected chi connectivity index (χ0v) is 9.90. The van der Waals surface area contributed by atoms with E-state index in [1.807, 2.05) is 20.8 Å². The fourth-order valence-electron chi connectivity index (χ4n) is 1.34. The third-order valence-electron chi connectivity index (χ3n) is 1.90. The molecule has 0 fully saturated rings. The smallest absolute Gasteiger partial charge is 0.311 e. The summed E-state index contributed by atoms with van der Waals surface area (Å²) in [5.41, 5.74) is 0.679. The number of hydrogen-bond acceptors (Lipinski definition) is 4. The van der Waals surface area contributed by atoms with Gasteiger partial charge in [0.25, 0.3) is 0 Å². The van der Waals surface area contributed by atoms with E-state index in [-0.39, 0.29) is 17.0 Å². The second-order valence-corrected chi connectivity index (χ2v) is 4.52. The number of ether oxygens (including phenoxy) is 1. The van der Waals surface area contributed by atoms with E-state index in [9.17, 15) is 10.1 Å². The SMILES string of the molecule is COc1cc(NC(C)(C)C)ccc1[N+](=O)[O-]. The standard InChI is InChI=1S/C11H16N2O3/c1-11(2,3)12-8-5-6-9(13(14)15)10(7-8)16-4/h5-7,12H,1-4H3. The molecule has 0 aliphatic carbocycles. The van der Waals surface area contributed by atoms with Gasteiger partial charge in [0.05, 0.1) is 12.0 Å². The van der Waals surface area contributed by atoms with Crippen LogP contribution in [-0.2, 0) is 0 Å². The molecule has 0 aliphatic rings. The van der Waals surface area contributed by atoms with E-state index in [2.05, 4.69) is 5.32 Å². The van der Waals surface area contributed by atoms with Gasteiger partial charge in [-0.05, 0) is 26.8 Å². The summed E-state index contributed by atoms with van der Waals surface area (Å²) in [6.07, 6.45) is 0. The van der Waals surface area contributed by atoms with Gasteiger partial charge in [-0.2, -0.15) is 0 Å². The van der Waals surface area contributed by atoms with E-state index in [0.29, 0.717) is 0 Å². The number of nitrogens with zero attached hydrogens (tertiary/aromatic N) is 1. The summed E-state index contributed by atoms with van der Waals surface area (Å²) in [5, 5.41) is 13.9. The number of nitro groups is 1. The molecule has 0 heterocycles. The van der Waals surface area contributed by atoms with Crippen LogP contribution in [0, 0.1) is 10.1 Å². The third kappa shape index (κ3) is 3.12. The zero-order chi connectivity index (χ0) is 12.3. The maximum absolute atomic E-state index is 10.7. The maximum Gasteiger partial charge on any atom is 0.311 e. The molecule has 0 aromatic heterocycles. The number of nitro benzene ring substituents is 1. The summed E-state index contributed by atoms with van der Waals surface area (Å²) < 4.78 is 4.98. The van der Waals surface area contributed by atoms with E-state index < -0.39 is 4.92 Å². The van der Waals surface area contributed by atoms with Crippen LogP contribution in [0.4, 0.5) is 11.4 Å². The lowest BCUT2D eigenvalue weighted by atomic mass is 10.1. The fourth-order valence-corrected chi connectivity index (χ4v) is 1.34. The summed E-state index contributed by atoms with van der Waals surface area (Å²) >= 11 is 0. The topological polar surface area (TPSA) is 64.4 Å². The van der Waals surface area contributed by atoms with Crippen LogP contribution in [0.2, 0.25) is 0 Å². The first-order valence-electron chi connectivity index (χ1n) is 4.94. The van der Waals surface area contributed by atoms with Crippen molar-refractivity contribution in [3.8, 4) is 5.75 Å². The van der Waals surface area contributed by atoms with Crippen molar-refractivity contribution in [2.75, 3.05) is 12.4 Å². The van der Waals surface area contributed by atoms with Crippen LogP contribution >= 0.6 is 0 Å². The molecule has 0 saturated carbocycles. The molecule has 0 amide bonds. The molecular formula is C11H16N2O3. The Labute approximate surface area is 94.6 Å². The van der Waals surface area contributed by atoms with Crippen molar-refractivity contribution in [2.45, 2.75) is 26.3 Å². The molecule has 0 spiro atoms. The highest BCUT2D eigenvalue weighted by Crippen LogP contribution is 2.30. The largest absolute Gasteiger partial charge is 0.490 e. The maximum atomic E-state index is 10.7. The first-order chi connectivity index (χ1) is 7.33. The molecule has 0 aliphatic heterocycles. The predicted octanol–water partition coefficient (Wildman–Crippen LogP) is 2.81. The van der Waals surface area contributed by atoms with Crippen molar-refractivity contribution in [3.05, 3.63) is 28.3 Å². The van der Waals surface area contributed by atoms with E-state index in [0.717, 1.165) is 5.69 Å². The normalized spacial score (nSPS) is 11.0. The van der Waals surface area contributed by atoms with Crippen LogP contribution < -0.4 is 10.1 Å². The van der Waals surface area contributed by atoms with Gasteiger partial charge in [0.15, 0.2) is 5.75 Å². The first kappa shape index (κ1) is 12.3. The van der Waals surface area contributed by atoms with E-state index in [1.54, 1.807) is 12.1 Å². The van der Waals surface area contributed by atoms with Crippen LogP contribution in [0.3, 0.4) is 0 Å². The minimum Gasteiger partial charge on any atom is -0.490 e. The quantitative estimate of drug-likeness (QED) is 0.633. The minimum atomic E-state index is -0.459. The van der Waals surface area contributed by atoms with Gasteiger partial charge in [0.2, 0.25) is 0 Å². The summed E-state index contributed by atoms with van der Waals surface area (Å²) in [6, 6.07) is 4.74. The van der Waals surface area contributed by atoms with Crippen LogP contribution in [0.5, 0.6) is 5.75 Å². The second-order valence-electron chi connectivity index (χ2n) is 4.52. The van der Waals surface area contributed by atoms with Crippen LogP contribution in [-0.4, -0.2) is 17.6 Å². The number of anilines is 1. The van der Waals surface area contributed by atoms with Gasteiger partial charge >= 0.3 is 5.69 Å². The van der Waals surface area contributed by atoms with E-state index in [1.165, 1.54) is 13.2 Å². The average Bonchev–Trinajstić information content (AvgIpc) is 2.14. The summed E-state index contributed by atoms with van der Waals surface area (Å²) in [7, 11) is 1.42. The fraction of sp³-hybridized carbons (Fsp3) is 0.455. The molecule has 0 radical (unpaired) electrons. The first-order valence-corrected chi connectivity index (χ1v) is 4.94. The molecule has 5 heteroatoms. The molecule has 0 bridgehead atoms. The Kier molecular flexibility index (Phi) is 3.37. The van der Waals surface area contributed by atoms with Crippen molar-refractivity contribution < 1.29 is 9.66 Å². The number of methoxy groups -OCH3 is 1. The van der Waals surface area contributed by atoms with Crippen LogP contribution in [0.15, 0.2) is 18.2 Å². The van der Waals surface area contributed by atoms with Crippen molar-refractivity contribution in [1.29, 1.82) is 0 Å². The van der Waals surface area contributed by atoms with Gasteiger partial charge in [-0.25, -0.2) is 0 Å². The van der Waals surface area contributed by atoms with Crippen molar-refractivity contribution in [2.24, 2.45) is 0 Å². The summed E-state index contributed by atoms with van der Waals surface area (Å²) in [4.78, 5) is 10.2. The van der Waals surface area contributed by atoms with Crippen LogP contribution in [0.1, 0.15) is 20.8 Å². The minimum absolute atomic E-state index is 0.0260. The summed E-state index contributed by atoms with van der Waals surface area (Å²) in [5.74, 6) is 0.263. The van der Waals surface area contributed by atoms with Gasteiger partial charge < -0.3 is 10.1 Å². The molecule has 1 rings (SSSR count). The van der Waals surface area contributed by atoms with Crippen molar-refractivity contribution >= 4 is 11.4 Å². The highest BCUT2D eigenvalue weighted by atomic mass is 16.6. The summed E-state index contributed by atoms with van der Waals surface area (Å²) in [6.45, 7) is 6.04. The molecule has 88 valence electrons. The molecule has 1 aromatic rings. The monoisotopic (exact) mass is 224 g/mol. The van der Waals surface area contributed by atoms with Crippen molar-refractivity contribution in [1.82, 2.24) is 0 Å². The molecule has 1 aromatic carbocycles. The van der Waals surface area contributed by atoms with E-state index in [4.69, 9.17) is 4.74 Å². The predicted molar refractivity (Wildman–Crippen MR) is 63.0 cm³/mol. The Bertz CT molecular complexity index is 397. The molecule has 0 atom stereocenters. The Balaban J connectivity index is 3.05. The second kappa shape index (κ2) is 4.38. The zero-order valence-electron chi connectivity index (χ0n) is 9.90. The molecule has 16 heavy (non-hydrogen) atoms. The number of benzene rings is 1. The lowest BCUT2D eigenvalue weighted by Crippen LogP contribution is -2.25. The van der Waals surface area contributed by atoms with E-state index >= 15 is 0 Å². The number of hydrogen-bond donors (Lipinski definition) is 1. The van der Waals surface area contributed by atoms with Gasteiger partial charge in [-0.1, -0.05) is 0 Å². The van der Waals surface area contributed by atoms with Gasteiger partial charge in [0, 0.05) is 23.4 Å². The van der Waals surface area contributed by atoms with Gasteiger partial charge in [-0.3, -0.25) is 10.1 Å². The molecule has 5 nitrogen and oxygen atoms in total. The molecule has 0 saturated heterocycles. The number of nitrogens with one attached hydrogen (secondary N) is 1. The highest BCUT2D eigenvalue weighted by Gasteiger charge is 2.16. The van der Waals surface area contributed by atoms with Gasteiger partial charge in [0.1, 0.15) is 0 Å². The molecular weight excluding hydrogens is 208 g/mol. The lowest BCUT2D eigenvalue weighted by molar-refractivity contribution is -0.385. The Morgan fingerprint density at radius 3 is 2.44 bits per heavy atom. The van der Waals surface area contributed by atoms with Crippen molar-refractivity contribution in [3.63, 3.8) is 0 Å². The highest BCUT2D eigenvalue weighted by molar-refractivity contribution is 5.58. The Hall–Kier alpha value is -1.78. The average molecular weight is 224 g/mol. The van der Waals surface area contributed by atoms with Gasteiger partial charge in [-0.15, -0.1) is 0 Å². The molecule has 0 unspecified atom stereocenters. The third-order valence-corrected chi connectivity index (χ3v) is 1.90. The molecule has 1 N–H and O–H groups in total. The van der Waals surface area contributed by atoms with Crippen LogP contribution in [0.25, 0.3) is 0 Å².